The summed E-state index contributed by atoms with van der Waals surface area (Å²) in [6.07, 6.45) is 0. The van der Waals surface area contributed by atoms with E-state index in [0.29, 0.717) is 0 Å². The minimum Gasteiger partial charge on any atom is -0.0555 e. The molecule has 0 unspecified atom stereocenters. The average molecular weight is 238 g/mol. The lowest BCUT2D eigenvalue weighted by Crippen LogP contribution is -1.93. The molecule has 94 valence electrons. The molecule has 0 bridgehead atoms. The number of rotatable bonds is 1. The van der Waals surface area contributed by atoms with Gasteiger partial charge in [-0.15, -0.1) is 0 Å². The fourth-order valence-corrected chi connectivity index (χ4v) is 2.50. The Morgan fingerprint density at radius 2 is 0.667 bits per heavy atom. The van der Waals surface area contributed by atoms with Crippen molar-refractivity contribution in [2.45, 2.75) is 41.5 Å². The SMILES string of the molecule is Cc1cc(C)c(-c2cc(C)c(C)cc2C)cc1C. The summed E-state index contributed by atoms with van der Waals surface area (Å²) in [7, 11) is 0. The molecule has 0 heteroatoms. The molecule has 2 aromatic rings. The lowest BCUT2D eigenvalue weighted by molar-refractivity contribution is 1.27. The zero-order valence-corrected chi connectivity index (χ0v) is 12.3. The number of hydrogen-bond donors (Lipinski definition) is 0. The molecule has 0 radical (unpaired) electrons. The Morgan fingerprint density at radius 3 is 1.00 bits per heavy atom. The summed E-state index contributed by atoms with van der Waals surface area (Å²) in [6.45, 7) is 13.1. The van der Waals surface area contributed by atoms with Gasteiger partial charge in [-0.05, 0) is 86.1 Å². The highest BCUT2D eigenvalue weighted by Gasteiger charge is 2.08. The highest BCUT2D eigenvalue weighted by atomic mass is 14.1. The van der Waals surface area contributed by atoms with E-state index < -0.39 is 0 Å². The zero-order chi connectivity index (χ0) is 13.4. The maximum absolute atomic E-state index is 2.32. The molecule has 18 heavy (non-hydrogen) atoms. The normalized spacial score (nSPS) is 10.8. The van der Waals surface area contributed by atoms with Gasteiger partial charge >= 0.3 is 0 Å². The van der Waals surface area contributed by atoms with Crippen LogP contribution in [0.1, 0.15) is 33.4 Å². The van der Waals surface area contributed by atoms with Crippen molar-refractivity contribution < 1.29 is 0 Å². The summed E-state index contributed by atoms with van der Waals surface area (Å²) in [6, 6.07) is 9.22. The van der Waals surface area contributed by atoms with Crippen LogP contribution >= 0.6 is 0 Å². The van der Waals surface area contributed by atoms with Crippen molar-refractivity contribution in [2.75, 3.05) is 0 Å². The van der Waals surface area contributed by atoms with Gasteiger partial charge in [0.15, 0.2) is 0 Å². The maximum atomic E-state index is 2.32. The Labute approximate surface area is 111 Å². The van der Waals surface area contributed by atoms with E-state index in [1.807, 2.05) is 0 Å². The summed E-state index contributed by atoms with van der Waals surface area (Å²) in [5.74, 6) is 0. The molecule has 0 aromatic heterocycles. The Morgan fingerprint density at radius 1 is 0.389 bits per heavy atom. The van der Waals surface area contributed by atoms with Crippen LogP contribution in [0.5, 0.6) is 0 Å². The van der Waals surface area contributed by atoms with Crippen molar-refractivity contribution in [1.82, 2.24) is 0 Å². The molecule has 0 saturated heterocycles. The maximum Gasteiger partial charge on any atom is -0.0149 e. The van der Waals surface area contributed by atoms with Gasteiger partial charge in [-0.25, -0.2) is 0 Å². The molecule has 0 aliphatic heterocycles. The molecule has 0 N–H and O–H groups in total. The van der Waals surface area contributed by atoms with E-state index in [0.717, 1.165) is 0 Å². The van der Waals surface area contributed by atoms with E-state index in [1.54, 1.807) is 0 Å². The van der Waals surface area contributed by atoms with Gasteiger partial charge in [-0.3, -0.25) is 0 Å². The van der Waals surface area contributed by atoms with Crippen molar-refractivity contribution in [3.63, 3.8) is 0 Å². The molecular weight excluding hydrogens is 216 g/mol. The highest BCUT2D eigenvalue weighted by Crippen LogP contribution is 2.30. The monoisotopic (exact) mass is 238 g/mol. The van der Waals surface area contributed by atoms with Gasteiger partial charge in [0.25, 0.3) is 0 Å². The molecule has 0 fully saturated rings. The van der Waals surface area contributed by atoms with Crippen LogP contribution in [0.25, 0.3) is 11.1 Å². The molecule has 2 rings (SSSR count). The second kappa shape index (κ2) is 4.61. The Balaban J connectivity index is 2.69. The smallest absolute Gasteiger partial charge is 0.0149 e. The summed E-state index contributed by atoms with van der Waals surface area (Å²) < 4.78 is 0. The van der Waals surface area contributed by atoms with E-state index in [1.165, 1.54) is 44.5 Å². The molecule has 0 saturated carbocycles. The average Bonchev–Trinajstić information content (AvgIpc) is 2.29. The highest BCUT2D eigenvalue weighted by molar-refractivity contribution is 5.72. The third-order valence-corrected chi connectivity index (χ3v) is 3.97. The molecule has 2 aromatic carbocycles. The summed E-state index contributed by atoms with van der Waals surface area (Å²) in [5.41, 5.74) is 11.0. The Hall–Kier alpha value is -1.56. The van der Waals surface area contributed by atoms with Gasteiger partial charge < -0.3 is 0 Å². The van der Waals surface area contributed by atoms with Crippen LogP contribution in [0.2, 0.25) is 0 Å². The van der Waals surface area contributed by atoms with Crippen LogP contribution in [0.15, 0.2) is 24.3 Å². The third-order valence-electron chi connectivity index (χ3n) is 3.97. The first kappa shape index (κ1) is 12.9. The summed E-state index contributed by atoms with van der Waals surface area (Å²) >= 11 is 0. The summed E-state index contributed by atoms with van der Waals surface area (Å²) in [5, 5.41) is 0. The standard InChI is InChI=1S/C18H22/c1-11-7-15(5)17(9-13(11)3)18-10-14(4)12(2)8-16(18)6/h7-10H,1-6H3. The lowest BCUT2D eigenvalue weighted by Gasteiger charge is -2.14. The largest absolute Gasteiger partial charge is 0.0555 e. The molecule has 0 heterocycles. The number of hydrogen-bond acceptors (Lipinski definition) is 0. The number of benzene rings is 2. The lowest BCUT2D eigenvalue weighted by atomic mass is 9.90. The predicted octanol–water partition coefficient (Wildman–Crippen LogP) is 5.20. The summed E-state index contributed by atoms with van der Waals surface area (Å²) in [4.78, 5) is 0. The second-order valence-electron chi connectivity index (χ2n) is 5.50. The fraction of sp³-hybridized carbons (Fsp3) is 0.333. The van der Waals surface area contributed by atoms with Gasteiger partial charge in [-0.2, -0.15) is 0 Å². The van der Waals surface area contributed by atoms with Crippen LogP contribution in [0, 0.1) is 41.5 Å². The van der Waals surface area contributed by atoms with E-state index in [9.17, 15) is 0 Å². The molecule has 0 spiro atoms. The minimum absolute atomic E-state index is 1.37. The van der Waals surface area contributed by atoms with E-state index in [-0.39, 0.29) is 0 Å². The van der Waals surface area contributed by atoms with Gasteiger partial charge in [0.05, 0.1) is 0 Å². The first-order chi connectivity index (χ1) is 8.40. The van der Waals surface area contributed by atoms with Crippen LogP contribution in [-0.4, -0.2) is 0 Å². The first-order valence-electron chi connectivity index (χ1n) is 6.56. The Bertz CT molecular complexity index is 548. The van der Waals surface area contributed by atoms with Gasteiger partial charge in [0, 0.05) is 0 Å². The second-order valence-corrected chi connectivity index (χ2v) is 5.50. The van der Waals surface area contributed by atoms with Crippen molar-refractivity contribution in [3.8, 4) is 11.1 Å². The van der Waals surface area contributed by atoms with Crippen molar-refractivity contribution >= 4 is 0 Å². The Kier molecular flexibility index (Phi) is 3.30. The van der Waals surface area contributed by atoms with Crippen LogP contribution in [0.3, 0.4) is 0 Å². The van der Waals surface area contributed by atoms with Gasteiger partial charge in [0.2, 0.25) is 0 Å². The molecule has 0 aliphatic carbocycles. The van der Waals surface area contributed by atoms with E-state index in [4.69, 9.17) is 0 Å². The van der Waals surface area contributed by atoms with Crippen LogP contribution in [-0.2, 0) is 0 Å². The van der Waals surface area contributed by atoms with E-state index >= 15 is 0 Å². The fourth-order valence-electron chi connectivity index (χ4n) is 2.50. The quantitative estimate of drug-likeness (QED) is 0.640. The van der Waals surface area contributed by atoms with Gasteiger partial charge in [0.1, 0.15) is 0 Å². The molecule has 0 aliphatic rings. The van der Waals surface area contributed by atoms with Crippen molar-refractivity contribution in [3.05, 3.63) is 57.6 Å². The van der Waals surface area contributed by atoms with Gasteiger partial charge in [-0.1, -0.05) is 24.3 Å². The zero-order valence-electron chi connectivity index (χ0n) is 12.3. The van der Waals surface area contributed by atoms with Crippen LogP contribution < -0.4 is 0 Å². The topological polar surface area (TPSA) is 0 Å². The third kappa shape index (κ3) is 2.20. The minimum atomic E-state index is 1.37. The van der Waals surface area contributed by atoms with Crippen molar-refractivity contribution in [2.24, 2.45) is 0 Å². The van der Waals surface area contributed by atoms with Crippen LogP contribution in [0.4, 0.5) is 0 Å². The molecule has 0 nitrogen and oxygen atoms in total. The molecular formula is C18H22. The van der Waals surface area contributed by atoms with Crippen molar-refractivity contribution in [1.29, 1.82) is 0 Å². The first-order valence-corrected chi connectivity index (χ1v) is 6.56. The van der Waals surface area contributed by atoms with E-state index in [2.05, 4.69) is 65.8 Å². The number of aryl methyl sites for hydroxylation is 6. The molecule has 0 atom stereocenters. The molecule has 0 amide bonds. The predicted molar refractivity (Wildman–Crippen MR) is 80.3 cm³/mol.